The van der Waals surface area contributed by atoms with Crippen LogP contribution in [0.1, 0.15) is 23.0 Å². The Kier molecular flexibility index (Phi) is 5.44. The largest absolute Gasteiger partial charge is 0.469 e. The molecule has 0 spiro atoms. The molecule has 5 nitrogen and oxygen atoms in total. The smallest absolute Gasteiger partial charge is 0.309 e. The SMILES string of the molecule is COC(=O)C1[C@H](c2ccccc2)C(C(=O)N2CCOCC2)[C@H]1c1ccccc1. The molecule has 0 aromatic heterocycles. The summed E-state index contributed by atoms with van der Waals surface area (Å²) in [6.07, 6.45) is 0. The third kappa shape index (κ3) is 3.31. The maximum atomic E-state index is 13.5. The van der Waals surface area contributed by atoms with Crippen LogP contribution in [0.3, 0.4) is 0 Å². The van der Waals surface area contributed by atoms with E-state index < -0.39 is 0 Å². The summed E-state index contributed by atoms with van der Waals surface area (Å²) < 4.78 is 10.6. The fraction of sp³-hybridized carbons (Fsp3) is 0.391. The third-order valence-corrected chi connectivity index (χ3v) is 6.00. The molecule has 4 rings (SSSR count). The maximum Gasteiger partial charge on any atom is 0.309 e. The standard InChI is InChI=1S/C23H25NO4/c1-27-23(26)21-18(16-8-4-2-5-9-16)20(19(21)17-10-6-3-7-11-17)22(25)24-12-14-28-15-13-24/h2-11,18-21H,12-15H2,1H3/t18-,19-,20?,21?/m1/s1. The monoisotopic (exact) mass is 379 g/mol. The van der Waals surface area contributed by atoms with E-state index in [2.05, 4.69) is 0 Å². The predicted octanol–water partition coefficient (Wildman–Crippen LogP) is 2.83. The summed E-state index contributed by atoms with van der Waals surface area (Å²) >= 11 is 0. The van der Waals surface area contributed by atoms with Crippen LogP contribution in [0.5, 0.6) is 0 Å². The van der Waals surface area contributed by atoms with E-state index in [1.165, 1.54) is 7.11 Å². The minimum Gasteiger partial charge on any atom is -0.469 e. The van der Waals surface area contributed by atoms with Gasteiger partial charge in [0.05, 0.1) is 32.2 Å². The molecule has 1 aliphatic heterocycles. The molecule has 28 heavy (non-hydrogen) atoms. The fourth-order valence-electron chi connectivity index (χ4n) is 4.66. The Labute approximate surface area is 165 Å². The summed E-state index contributed by atoms with van der Waals surface area (Å²) in [5.41, 5.74) is 2.02. The van der Waals surface area contributed by atoms with Crippen molar-refractivity contribution in [3.8, 4) is 0 Å². The van der Waals surface area contributed by atoms with Gasteiger partial charge in [-0.15, -0.1) is 0 Å². The van der Waals surface area contributed by atoms with Crippen LogP contribution >= 0.6 is 0 Å². The molecule has 0 radical (unpaired) electrons. The summed E-state index contributed by atoms with van der Waals surface area (Å²) in [4.78, 5) is 28.1. The lowest BCUT2D eigenvalue weighted by atomic mass is 9.52. The third-order valence-electron chi connectivity index (χ3n) is 6.00. The van der Waals surface area contributed by atoms with Crippen molar-refractivity contribution in [1.29, 1.82) is 0 Å². The zero-order valence-electron chi connectivity index (χ0n) is 16.0. The van der Waals surface area contributed by atoms with Crippen molar-refractivity contribution in [2.45, 2.75) is 11.8 Å². The number of carbonyl (C=O) groups excluding carboxylic acids is 2. The maximum absolute atomic E-state index is 13.5. The Morgan fingerprint density at radius 2 is 1.36 bits per heavy atom. The molecule has 2 fully saturated rings. The van der Waals surface area contributed by atoms with E-state index in [1.807, 2.05) is 65.6 Å². The summed E-state index contributed by atoms with van der Waals surface area (Å²) in [5.74, 6) is -1.18. The van der Waals surface area contributed by atoms with Gasteiger partial charge in [0.2, 0.25) is 5.91 Å². The zero-order chi connectivity index (χ0) is 19.5. The van der Waals surface area contributed by atoms with Crippen molar-refractivity contribution in [2.24, 2.45) is 11.8 Å². The molecule has 5 heteroatoms. The van der Waals surface area contributed by atoms with Gasteiger partial charge in [0.15, 0.2) is 0 Å². The molecule has 1 saturated heterocycles. The normalized spacial score (nSPS) is 27.0. The van der Waals surface area contributed by atoms with Crippen LogP contribution in [0.25, 0.3) is 0 Å². The number of methoxy groups -OCH3 is 1. The van der Waals surface area contributed by atoms with Crippen molar-refractivity contribution in [2.75, 3.05) is 33.4 Å². The van der Waals surface area contributed by atoms with Gasteiger partial charge in [-0.25, -0.2) is 0 Å². The Morgan fingerprint density at radius 1 is 0.857 bits per heavy atom. The van der Waals surface area contributed by atoms with E-state index >= 15 is 0 Å². The van der Waals surface area contributed by atoms with Crippen LogP contribution < -0.4 is 0 Å². The van der Waals surface area contributed by atoms with Crippen LogP contribution in [-0.2, 0) is 19.1 Å². The van der Waals surface area contributed by atoms with Gasteiger partial charge in [0, 0.05) is 24.9 Å². The van der Waals surface area contributed by atoms with E-state index in [9.17, 15) is 9.59 Å². The Bertz CT molecular complexity index is 770. The number of hydrogen-bond donors (Lipinski definition) is 0. The van der Waals surface area contributed by atoms with E-state index in [4.69, 9.17) is 9.47 Å². The zero-order valence-corrected chi connectivity index (χ0v) is 16.0. The Hall–Kier alpha value is -2.66. The van der Waals surface area contributed by atoms with E-state index in [0.29, 0.717) is 26.3 Å². The molecule has 2 aromatic carbocycles. The second-order valence-electron chi connectivity index (χ2n) is 7.39. The molecule has 0 N–H and O–H groups in total. The number of morpholine rings is 1. The van der Waals surface area contributed by atoms with Crippen molar-refractivity contribution < 1.29 is 19.1 Å². The minimum absolute atomic E-state index is 0.103. The van der Waals surface area contributed by atoms with E-state index in [-0.39, 0.29) is 35.5 Å². The Morgan fingerprint density at radius 3 is 1.82 bits per heavy atom. The van der Waals surface area contributed by atoms with Crippen molar-refractivity contribution in [3.63, 3.8) is 0 Å². The van der Waals surface area contributed by atoms with Gasteiger partial charge in [-0.1, -0.05) is 60.7 Å². The molecule has 0 unspecified atom stereocenters. The number of ether oxygens (including phenoxy) is 2. The van der Waals surface area contributed by atoms with Crippen molar-refractivity contribution >= 4 is 11.9 Å². The fourth-order valence-corrected chi connectivity index (χ4v) is 4.66. The molecule has 1 heterocycles. The molecule has 2 aromatic rings. The summed E-state index contributed by atoms with van der Waals surface area (Å²) in [7, 11) is 1.42. The molecule has 2 atom stereocenters. The van der Waals surface area contributed by atoms with Gasteiger partial charge in [0.1, 0.15) is 0 Å². The number of esters is 1. The summed E-state index contributed by atoms with van der Waals surface area (Å²) in [5, 5.41) is 0. The summed E-state index contributed by atoms with van der Waals surface area (Å²) in [6.45, 7) is 2.32. The molecular formula is C23H25NO4. The lowest BCUT2D eigenvalue weighted by Crippen LogP contribution is -2.56. The highest BCUT2D eigenvalue weighted by Crippen LogP contribution is 2.58. The summed E-state index contributed by atoms with van der Waals surface area (Å²) in [6, 6.07) is 19.7. The molecule has 1 aliphatic carbocycles. The van der Waals surface area contributed by atoms with Gasteiger partial charge in [0.25, 0.3) is 0 Å². The van der Waals surface area contributed by atoms with Crippen molar-refractivity contribution in [1.82, 2.24) is 4.90 Å². The second kappa shape index (κ2) is 8.15. The topological polar surface area (TPSA) is 55.8 Å². The number of benzene rings is 2. The first-order chi connectivity index (χ1) is 13.7. The molecule has 1 amide bonds. The highest BCUT2D eigenvalue weighted by Gasteiger charge is 2.59. The molecular weight excluding hydrogens is 354 g/mol. The van der Waals surface area contributed by atoms with Gasteiger partial charge in [-0.05, 0) is 11.1 Å². The molecule has 0 bridgehead atoms. The first kappa shape index (κ1) is 18.7. The number of hydrogen-bond acceptors (Lipinski definition) is 4. The second-order valence-corrected chi connectivity index (χ2v) is 7.39. The lowest BCUT2D eigenvalue weighted by molar-refractivity contribution is -0.161. The number of carbonyl (C=O) groups is 2. The predicted molar refractivity (Wildman–Crippen MR) is 105 cm³/mol. The number of amides is 1. The van der Waals surface area contributed by atoms with Crippen LogP contribution in [0.15, 0.2) is 60.7 Å². The molecule has 146 valence electrons. The average molecular weight is 379 g/mol. The molecule has 1 saturated carbocycles. The average Bonchev–Trinajstić information content (AvgIpc) is 2.75. The lowest BCUT2D eigenvalue weighted by Gasteiger charge is -2.51. The first-order valence-electron chi connectivity index (χ1n) is 9.76. The van der Waals surface area contributed by atoms with Crippen LogP contribution in [-0.4, -0.2) is 50.2 Å². The van der Waals surface area contributed by atoms with E-state index in [0.717, 1.165) is 11.1 Å². The van der Waals surface area contributed by atoms with Gasteiger partial charge < -0.3 is 14.4 Å². The van der Waals surface area contributed by atoms with Crippen LogP contribution in [0, 0.1) is 11.8 Å². The van der Waals surface area contributed by atoms with Gasteiger partial charge in [-0.2, -0.15) is 0 Å². The Balaban J connectivity index is 1.74. The molecule has 2 aliphatic rings. The van der Waals surface area contributed by atoms with E-state index in [1.54, 1.807) is 0 Å². The highest BCUT2D eigenvalue weighted by atomic mass is 16.5. The van der Waals surface area contributed by atoms with Gasteiger partial charge in [-0.3, -0.25) is 9.59 Å². The van der Waals surface area contributed by atoms with Crippen LogP contribution in [0.2, 0.25) is 0 Å². The quantitative estimate of drug-likeness (QED) is 0.767. The number of rotatable bonds is 4. The number of nitrogens with zero attached hydrogens (tertiary/aromatic N) is 1. The van der Waals surface area contributed by atoms with Gasteiger partial charge >= 0.3 is 5.97 Å². The first-order valence-corrected chi connectivity index (χ1v) is 9.76. The van der Waals surface area contributed by atoms with Crippen LogP contribution in [0.4, 0.5) is 0 Å². The minimum atomic E-state index is -0.371. The van der Waals surface area contributed by atoms with Crippen molar-refractivity contribution in [3.05, 3.63) is 71.8 Å². The highest BCUT2D eigenvalue weighted by molar-refractivity contribution is 5.88.